The molecule has 2 aromatic carbocycles. The molecule has 0 bridgehead atoms. The first-order valence-corrected chi connectivity index (χ1v) is 11.1. The highest BCUT2D eigenvalue weighted by atomic mass is 19.4. The van der Waals surface area contributed by atoms with E-state index in [0.717, 1.165) is 48.8 Å². The van der Waals surface area contributed by atoms with E-state index in [-0.39, 0.29) is 30.9 Å². The van der Waals surface area contributed by atoms with Gasteiger partial charge in [-0.15, -0.1) is 0 Å². The fraction of sp³-hybridized carbons (Fsp3) is 0.333. The molecule has 2 aliphatic rings. The number of rotatable bonds is 6. The molecule has 0 radical (unpaired) electrons. The third-order valence-corrected chi connectivity index (χ3v) is 5.89. The lowest BCUT2D eigenvalue weighted by atomic mass is 10.1. The quantitative estimate of drug-likeness (QED) is 0.528. The normalized spacial score (nSPS) is 15.9. The molecule has 1 amide bonds. The average Bonchev–Trinajstić information content (AvgIpc) is 3.52. The molecule has 1 saturated heterocycles. The minimum Gasteiger partial charge on any atom is -0.471 e. The topological polar surface area (TPSA) is 69.1 Å². The van der Waals surface area contributed by atoms with E-state index in [4.69, 9.17) is 14.2 Å². The molecule has 3 aromatic rings. The molecule has 1 fully saturated rings. The molecule has 5 rings (SSSR count). The van der Waals surface area contributed by atoms with Crippen LogP contribution in [0, 0.1) is 0 Å². The Hall–Kier alpha value is -3.73. The van der Waals surface area contributed by atoms with Gasteiger partial charge in [0.2, 0.25) is 6.79 Å². The van der Waals surface area contributed by atoms with Gasteiger partial charge in [0, 0.05) is 38.9 Å². The molecule has 35 heavy (non-hydrogen) atoms. The molecule has 1 aromatic heterocycles. The Morgan fingerprint density at radius 1 is 1.00 bits per heavy atom. The van der Waals surface area contributed by atoms with Gasteiger partial charge in [-0.1, -0.05) is 12.1 Å². The molecule has 0 unspecified atom stereocenters. The molecule has 2 aliphatic heterocycles. The van der Waals surface area contributed by atoms with Gasteiger partial charge in [0.15, 0.2) is 23.9 Å². The van der Waals surface area contributed by atoms with Crippen molar-refractivity contribution in [1.82, 2.24) is 19.6 Å². The lowest BCUT2D eigenvalue weighted by Gasteiger charge is -2.34. The number of amides is 1. The lowest BCUT2D eigenvalue weighted by Crippen LogP contribution is -2.48. The van der Waals surface area contributed by atoms with Crippen LogP contribution in [0.25, 0.3) is 0 Å². The number of carbonyl (C=O) groups excluding carboxylic acids is 1. The minimum absolute atomic E-state index is 0.0711. The van der Waals surface area contributed by atoms with E-state index in [2.05, 4.69) is 10.00 Å². The van der Waals surface area contributed by atoms with Crippen LogP contribution in [0.5, 0.6) is 17.2 Å². The standard InChI is InChI=1S/C24H23F3N4O4/c25-24(26,27)18-2-1-3-19(13-18)33-15-31-7-6-20(28-31)23(32)30-10-8-29(9-11-30)14-17-4-5-21-22(12-17)35-16-34-21/h1-7,12-13H,8-11,14-16H2. The molecule has 0 spiro atoms. The Labute approximate surface area is 199 Å². The van der Waals surface area contributed by atoms with Crippen molar-refractivity contribution in [3.8, 4) is 17.2 Å². The second-order valence-corrected chi connectivity index (χ2v) is 8.30. The van der Waals surface area contributed by atoms with Gasteiger partial charge in [-0.2, -0.15) is 18.3 Å². The molecule has 0 N–H and O–H groups in total. The highest BCUT2D eigenvalue weighted by Crippen LogP contribution is 2.33. The van der Waals surface area contributed by atoms with Crippen molar-refractivity contribution in [3.05, 3.63) is 71.5 Å². The van der Waals surface area contributed by atoms with E-state index in [0.29, 0.717) is 13.1 Å². The van der Waals surface area contributed by atoms with Crippen molar-refractivity contribution >= 4 is 5.91 Å². The number of aromatic nitrogens is 2. The number of halogens is 3. The monoisotopic (exact) mass is 488 g/mol. The number of hydrogen-bond donors (Lipinski definition) is 0. The van der Waals surface area contributed by atoms with E-state index >= 15 is 0 Å². The van der Waals surface area contributed by atoms with E-state index in [1.165, 1.54) is 16.8 Å². The SMILES string of the molecule is O=C(c1ccn(COc2cccc(C(F)(F)F)c2)n1)N1CCN(Cc2ccc3c(c2)OCO3)CC1. The number of carbonyl (C=O) groups is 1. The summed E-state index contributed by atoms with van der Waals surface area (Å²) in [5.74, 6) is 1.39. The summed E-state index contributed by atoms with van der Waals surface area (Å²) in [6, 6.07) is 12.1. The maximum atomic E-state index is 12.9. The molecule has 0 saturated carbocycles. The summed E-state index contributed by atoms with van der Waals surface area (Å²) in [4.78, 5) is 16.9. The van der Waals surface area contributed by atoms with Gasteiger partial charge < -0.3 is 19.1 Å². The lowest BCUT2D eigenvalue weighted by molar-refractivity contribution is -0.137. The second kappa shape index (κ2) is 9.49. The first kappa shape index (κ1) is 23.0. The number of ether oxygens (including phenoxy) is 3. The summed E-state index contributed by atoms with van der Waals surface area (Å²) in [7, 11) is 0. The van der Waals surface area contributed by atoms with E-state index < -0.39 is 11.7 Å². The van der Waals surface area contributed by atoms with E-state index in [1.807, 2.05) is 18.2 Å². The Balaban J connectivity index is 1.12. The van der Waals surface area contributed by atoms with Gasteiger partial charge in [0.05, 0.1) is 5.56 Å². The van der Waals surface area contributed by atoms with Gasteiger partial charge in [0.25, 0.3) is 5.91 Å². The molecule has 184 valence electrons. The highest BCUT2D eigenvalue weighted by molar-refractivity contribution is 5.92. The predicted molar refractivity (Wildman–Crippen MR) is 118 cm³/mol. The van der Waals surface area contributed by atoms with Crippen LogP contribution in [0.1, 0.15) is 21.6 Å². The number of alkyl halides is 3. The van der Waals surface area contributed by atoms with Crippen molar-refractivity contribution < 1.29 is 32.2 Å². The predicted octanol–water partition coefficient (Wildman–Crippen LogP) is 3.63. The Kier molecular flexibility index (Phi) is 6.25. The van der Waals surface area contributed by atoms with Crippen LogP contribution >= 0.6 is 0 Å². The van der Waals surface area contributed by atoms with E-state index in [9.17, 15) is 18.0 Å². The molecule has 3 heterocycles. The first-order chi connectivity index (χ1) is 16.8. The maximum Gasteiger partial charge on any atom is 0.416 e. The van der Waals surface area contributed by atoms with Crippen molar-refractivity contribution in [3.63, 3.8) is 0 Å². The zero-order valence-corrected chi connectivity index (χ0v) is 18.7. The van der Waals surface area contributed by atoms with Gasteiger partial charge in [0.1, 0.15) is 5.75 Å². The van der Waals surface area contributed by atoms with Crippen molar-refractivity contribution in [2.75, 3.05) is 33.0 Å². The van der Waals surface area contributed by atoms with Gasteiger partial charge in [-0.25, -0.2) is 4.68 Å². The summed E-state index contributed by atoms with van der Waals surface area (Å²) in [6.07, 6.45) is -2.88. The smallest absolute Gasteiger partial charge is 0.416 e. The molecular weight excluding hydrogens is 465 g/mol. The van der Waals surface area contributed by atoms with E-state index in [1.54, 1.807) is 17.2 Å². The van der Waals surface area contributed by atoms with Gasteiger partial charge in [-0.3, -0.25) is 9.69 Å². The fourth-order valence-corrected chi connectivity index (χ4v) is 4.02. The Morgan fingerprint density at radius 3 is 2.60 bits per heavy atom. The van der Waals surface area contributed by atoms with Crippen molar-refractivity contribution in [1.29, 1.82) is 0 Å². The number of fused-ring (bicyclic) bond motifs is 1. The third kappa shape index (κ3) is 5.35. The van der Waals surface area contributed by atoms with Gasteiger partial charge >= 0.3 is 6.18 Å². The van der Waals surface area contributed by atoms with Crippen LogP contribution in [0.15, 0.2) is 54.7 Å². The first-order valence-electron chi connectivity index (χ1n) is 11.1. The molecule has 0 atom stereocenters. The average molecular weight is 488 g/mol. The molecule has 11 heteroatoms. The van der Waals surface area contributed by atoms with Crippen LogP contribution in [-0.2, 0) is 19.5 Å². The van der Waals surface area contributed by atoms with Crippen LogP contribution in [0.2, 0.25) is 0 Å². The summed E-state index contributed by atoms with van der Waals surface area (Å²) < 4.78 is 56.1. The Bertz CT molecular complexity index is 1210. The minimum atomic E-state index is -4.45. The molecule has 8 nitrogen and oxygen atoms in total. The van der Waals surface area contributed by atoms with Crippen LogP contribution in [-0.4, -0.2) is 58.5 Å². The number of hydrogen-bond acceptors (Lipinski definition) is 6. The van der Waals surface area contributed by atoms with Crippen molar-refractivity contribution in [2.24, 2.45) is 0 Å². The summed E-state index contributed by atoms with van der Waals surface area (Å²) in [5, 5.41) is 4.23. The number of benzene rings is 2. The van der Waals surface area contributed by atoms with Crippen LogP contribution < -0.4 is 14.2 Å². The van der Waals surface area contributed by atoms with Crippen LogP contribution in [0.3, 0.4) is 0 Å². The second-order valence-electron chi connectivity index (χ2n) is 8.30. The third-order valence-electron chi connectivity index (χ3n) is 5.89. The molecule has 0 aliphatic carbocycles. The fourth-order valence-electron chi connectivity index (χ4n) is 4.02. The summed E-state index contributed by atoms with van der Waals surface area (Å²) >= 11 is 0. The van der Waals surface area contributed by atoms with Gasteiger partial charge in [-0.05, 0) is 42.0 Å². The van der Waals surface area contributed by atoms with Crippen molar-refractivity contribution in [2.45, 2.75) is 19.5 Å². The highest BCUT2D eigenvalue weighted by Gasteiger charge is 2.30. The Morgan fingerprint density at radius 2 is 1.80 bits per heavy atom. The number of piperazine rings is 1. The summed E-state index contributed by atoms with van der Waals surface area (Å²) in [6.45, 7) is 3.46. The largest absolute Gasteiger partial charge is 0.471 e. The zero-order chi connectivity index (χ0) is 24.4. The summed E-state index contributed by atoms with van der Waals surface area (Å²) in [5.41, 5.74) is 0.597. The zero-order valence-electron chi connectivity index (χ0n) is 18.7. The molecular formula is C24H23F3N4O4. The number of nitrogens with zero attached hydrogens (tertiary/aromatic N) is 4. The maximum absolute atomic E-state index is 12.9. The van der Waals surface area contributed by atoms with Crippen LogP contribution in [0.4, 0.5) is 13.2 Å².